The molecule has 0 radical (unpaired) electrons. The second-order valence-corrected chi connectivity index (χ2v) is 5.17. The number of non-ortho nitro benzene ring substituents is 1. The van der Waals surface area contributed by atoms with Crippen molar-refractivity contribution in [3.63, 3.8) is 0 Å². The van der Waals surface area contributed by atoms with Gasteiger partial charge in [0.05, 0.1) is 22.9 Å². The highest BCUT2D eigenvalue weighted by atomic mass is 79.9. The largest absolute Gasteiger partial charge is 0.383 e. The quantitative estimate of drug-likeness (QED) is 0.468. The van der Waals surface area contributed by atoms with E-state index < -0.39 is 4.92 Å². The molecular formula is C13H15BrN4O3. The van der Waals surface area contributed by atoms with Crippen molar-refractivity contribution < 1.29 is 9.66 Å². The van der Waals surface area contributed by atoms with Crippen LogP contribution in [0, 0.1) is 10.1 Å². The maximum absolute atomic E-state index is 10.8. The van der Waals surface area contributed by atoms with Gasteiger partial charge in [-0.25, -0.2) is 4.68 Å². The number of nitrogens with one attached hydrogen (secondary N) is 1. The van der Waals surface area contributed by atoms with E-state index in [2.05, 4.69) is 26.3 Å². The summed E-state index contributed by atoms with van der Waals surface area (Å²) in [5.41, 5.74) is 1.51. The summed E-state index contributed by atoms with van der Waals surface area (Å²) in [5.74, 6) is 0. The fourth-order valence-corrected chi connectivity index (χ4v) is 2.20. The molecule has 0 fully saturated rings. The first-order valence-corrected chi connectivity index (χ1v) is 7.09. The molecule has 0 aliphatic carbocycles. The van der Waals surface area contributed by atoms with Crippen LogP contribution < -0.4 is 5.32 Å². The van der Waals surface area contributed by atoms with Crippen LogP contribution in [0.4, 0.5) is 5.69 Å². The molecule has 112 valence electrons. The van der Waals surface area contributed by atoms with Gasteiger partial charge < -0.3 is 10.1 Å². The molecule has 1 heterocycles. The number of halogens is 1. The van der Waals surface area contributed by atoms with Crippen molar-refractivity contribution in [3.05, 3.63) is 50.7 Å². The fourth-order valence-electron chi connectivity index (χ4n) is 1.77. The summed E-state index contributed by atoms with van der Waals surface area (Å²) < 4.78 is 7.31. The average Bonchev–Trinajstić information content (AvgIpc) is 2.92. The van der Waals surface area contributed by atoms with E-state index in [0.29, 0.717) is 18.8 Å². The Hall–Kier alpha value is -1.77. The number of nitrogens with zero attached hydrogens (tertiary/aromatic N) is 3. The maximum atomic E-state index is 10.8. The van der Waals surface area contributed by atoms with Crippen molar-refractivity contribution in [3.8, 4) is 5.69 Å². The molecule has 1 aromatic heterocycles. The number of hydrogen-bond donors (Lipinski definition) is 1. The number of rotatable bonds is 7. The monoisotopic (exact) mass is 354 g/mol. The third-order valence-corrected chi connectivity index (χ3v) is 3.49. The minimum atomic E-state index is -0.424. The Kier molecular flexibility index (Phi) is 5.43. The molecule has 0 unspecified atom stereocenters. The minimum Gasteiger partial charge on any atom is -0.383 e. The first kappa shape index (κ1) is 15.6. The van der Waals surface area contributed by atoms with Gasteiger partial charge in [-0.1, -0.05) is 0 Å². The van der Waals surface area contributed by atoms with Gasteiger partial charge in [-0.2, -0.15) is 5.10 Å². The molecular weight excluding hydrogens is 340 g/mol. The Balaban J connectivity index is 2.13. The van der Waals surface area contributed by atoms with Crippen molar-refractivity contribution in [1.29, 1.82) is 0 Å². The lowest BCUT2D eigenvalue weighted by molar-refractivity contribution is -0.384. The lowest BCUT2D eigenvalue weighted by Crippen LogP contribution is -2.18. The van der Waals surface area contributed by atoms with E-state index in [0.717, 1.165) is 16.7 Å². The van der Waals surface area contributed by atoms with E-state index in [9.17, 15) is 10.1 Å². The van der Waals surface area contributed by atoms with E-state index in [1.807, 2.05) is 6.07 Å². The first-order chi connectivity index (χ1) is 10.1. The van der Waals surface area contributed by atoms with E-state index in [1.54, 1.807) is 24.1 Å². The number of ether oxygens (including phenoxy) is 1. The maximum Gasteiger partial charge on any atom is 0.271 e. The van der Waals surface area contributed by atoms with E-state index in [1.165, 1.54) is 12.1 Å². The molecule has 0 amide bonds. The Morgan fingerprint density at radius 3 is 3.00 bits per heavy atom. The first-order valence-electron chi connectivity index (χ1n) is 6.30. The fraction of sp³-hybridized carbons (Fsp3) is 0.308. The van der Waals surface area contributed by atoms with E-state index in [4.69, 9.17) is 4.74 Å². The lowest BCUT2D eigenvalue weighted by Gasteiger charge is -2.05. The Morgan fingerprint density at radius 2 is 2.29 bits per heavy atom. The molecule has 2 rings (SSSR count). The van der Waals surface area contributed by atoms with Gasteiger partial charge in [0.15, 0.2) is 0 Å². The summed E-state index contributed by atoms with van der Waals surface area (Å²) >= 11 is 3.38. The van der Waals surface area contributed by atoms with Gasteiger partial charge in [0.25, 0.3) is 5.69 Å². The number of hydrogen-bond acceptors (Lipinski definition) is 5. The number of benzene rings is 1. The van der Waals surface area contributed by atoms with Crippen LogP contribution in [0.1, 0.15) is 5.69 Å². The third kappa shape index (κ3) is 4.10. The molecule has 0 aliphatic heterocycles. The zero-order valence-electron chi connectivity index (χ0n) is 11.5. The van der Waals surface area contributed by atoms with E-state index in [-0.39, 0.29) is 5.69 Å². The van der Waals surface area contributed by atoms with Gasteiger partial charge in [0, 0.05) is 43.0 Å². The highest BCUT2D eigenvalue weighted by Gasteiger charge is 2.11. The van der Waals surface area contributed by atoms with Gasteiger partial charge in [-0.3, -0.25) is 10.1 Å². The van der Waals surface area contributed by atoms with Crippen LogP contribution >= 0.6 is 15.9 Å². The highest BCUT2D eigenvalue weighted by molar-refractivity contribution is 9.10. The van der Waals surface area contributed by atoms with Crippen molar-refractivity contribution >= 4 is 21.6 Å². The van der Waals surface area contributed by atoms with Crippen molar-refractivity contribution in [2.24, 2.45) is 0 Å². The summed E-state index contributed by atoms with van der Waals surface area (Å²) in [6, 6.07) is 6.44. The molecule has 0 saturated heterocycles. The molecule has 21 heavy (non-hydrogen) atoms. The molecule has 7 nitrogen and oxygen atoms in total. The molecule has 0 spiro atoms. The molecule has 0 aliphatic rings. The van der Waals surface area contributed by atoms with Crippen LogP contribution in [0.15, 0.2) is 34.9 Å². The van der Waals surface area contributed by atoms with Crippen LogP contribution in [0.5, 0.6) is 0 Å². The minimum absolute atomic E-state index is 0.0310. The molecule has 0 bridgehead atoms. The van der Waals surface area contributed by atoms with Crippen LogP contribution in [0.25, 0.3) is 5.69 Å². The summed E-state index contributed by atoms with van der Waals surface area (Å²) in [4.78, 5) is 10.4. The lowest BCUT2D eigenvalue weighted by atomic mass is 10.3. The Labute approximate surface area is 130 Å². The Morgan fingerprint density at radius 1 is 1.48 bits per heavy atom. The number of nitro benzene ring substituents is 1. The second-order valence-electron chi connectivity index (χ2n) is 4.31. The van der Waals surface area contributed by atoms with Crippen molar-refractivity contribution in [1.82, 2.24) is 15.1 Å². The van der Waals surface area contributed by atoms with Crippen molar-refractivity contribution in [2.45, 2.75) is 6.54 Å². The zero-order chi connectivity index (χ0) is 15.2. The smallest absolute Gasteiger partial charge is 0.271 e. The summed E-state index contributed by atoms with van der Waals surface area (Å²) in [7, 11) is 1.65. The SMILES string of the molecule is COCCNCc1ccn(-c2cc([N+](=O)[O-])ccc2Br)n1. The van der Waals surface area contributed by atoms with Gasteiger partial charge in [0.1, 0.15) is 0 Å². The van der Waals surface area contributed by atoms with Gasteiger partial charge in [-0.15, -0.1) is 0 Å². The Bertz CT molecular complexity index is 630. The average molecular weight is 355 g/mol. The second kappa shape index (κ2) is 7.30. The van der Waals surface area contributed by atoms with Gasteiger partial charge >= 0.3 is 0 Å². The molecule has 8 heteroatoms. The topological polar surface area (TPSA) is 82.2 Å². The normalized spacial score (nSPS) is 10.8. The highest BCUT2D eigenvalue weighted by Crippen LogP contribution is 2.25. The zero-order valence-corrected chi connectivity index (χ0v) is 13.0. The molecule has 1 aromatic carbocycles. The molecule has 2 aromatic rings. The van der Waals surface area contributed by atoms with Crippen LogP contribution in [0.3, 0.4) is 0 Å². The summed E-state index contributed by atoms with van der Waals surface area (Å²) in [6.45, 7) is 1.99. The van der Waals surface area contributed by atoms with Crippen LogP contribution in [-0.2, 0) is 11.3 Å². The molecule has 1 N–H and O–H groups in total. The van der Waals surface area contributed by atoms with Gasteiger partial charge in [0.2, 0.25) is 0 Å². The third-order valence-electron chi connectivity index (χ3n) is 2.82. The van der Waals surface area contributed by atoms with Gasteiger partial charge in [-0.05, 0) is 28.1 Å². The number of aromatic nitrogens is 2. The van der Waals surface area contributed by atoms with Crippen LogP contribution in [-0.4, -0.2) is 35.0 Å². The van der Waals surface area contributed by atoms with E-state index >= 15 is 0 Å². The molecule has 0 atom stereocenters. The summed E-state index contributed by atoms with van der Waals surface area (Å²) in [5, 5.41) is 18.4. The van der Waals surface area contributed by atoms with Crippen molar-refractivity contribution in [2.75, 3.05) is 20.3 Å². The standard InChI is InChI=1S/C13H15BrN4O3/c1-21-7-5-15-9-10-4-6-17(16-10)13-8-11(18(19)20)2-3-12(13)14/h2-4,6,8,15H,5,7,9H2,1H3. The predicted octanol–water partition coefficient (Wildman–Crippen LogP) is 2.28. The van der Waals surface area contributed by atoms with Crippen LogP contribution in [0.2, 0.25) is 0 Å². The molecule has 0 saturated carbocycles. The summed E-state index contributed by atoms with van der Waals surface area (Å²) in [6.07, 6.45) is 1.77. The predicted molar refractivity (Wildman–Crippen MR) is 81.5 cm³/mol. The number of nitro groups is 1. The number of methoxy groups -OCH3 is 1.